The third-order valence-electron chi connectivity index (χ3n) is 4.13. The molecule has 24 heavy (non-hydrogen) atoms. The molecule has 0 atom stereocenters. The molecular weight excluding hydrogens is 308 g/mol. The molecule has 0 saturated heterocycles. The van der Waals surface area contributed by atoms with Crippen molar-refractivity contribution in [1.82, 2.24) is 9.88 Å². The zero-order chi connectivity index (χ0) is 17.7. The highest BCUT2D eigenvalue weighted by Crippen LogP contribution is 2.24. The van der Waals surface area contributed by atoms with E-state index >= 15 is 0 Å². The second-order valence-corrected chi connectivity index (χ2v) is 6.21. The molecule has 0 unspecified atom stereocenters. The van der Waals surface area contributed by atoms with Crippen molar-refractivity contribution in [2.24, 2.45) is 0 Å². The summed E-state index contributed by atoms with van der Waals surface area (Å²) in [6.45, 7) is 5.25. The lowest BCUT2D eigenvalue weighted by Gasteiger charge is -2.20. The summed E-state index contributed by atoms with van der Waals surface area (Å²) >= 11 is 0. The number of hydrogen-bond donors (Lipinski definition) is 2. The van der Waals surface area contributed by atoms with Gasteiger partial charge in [0.15, 0.2) is 0 Å². The summed E-state index contributed by atoms with van der Waals surface area (Å²) in [5.74, 6) is -1.10. The fraction of sp³-hybridized carbons (Fsp3) is 0.444. The standard InChI is InChI=1S/C18H24N2O4/c1-12(2)20(3)9-8-13-11-19-16-5-4-14(10-15(13)16)24-18(23)7-6-17(21)22/h4-5,10-12,19H,6-9H2,1-3H3,(H,21,22). The van der Waals surface area contributed by atoms with Crippen LogP contribution in [-0.4, -0.2) is 46.6 Å². The summed E-state index contributed by atoms with van der Waals surface area (Å²) in [5.41, 5.74) is 2.16. The maximum atomic E-state index is 11.7. The molecular formula is C18H24N2O4. The number of rotatable bonds is 8. The molecule has 1 heterocycles. The number of carboxylic acid groups (broad SMARTS) is 1. The molecule has 1 aromatic carbocycles. The van der Waals surface area contributed by atoms with Crippen molar-refractivity contribution in [3.8, 4) is 5.75 Å². The summed E-state index contributed by atoms with van der Waals surface area (Å²) in [4.78, 5) is 27.7. The number of H-pyrrole nitrogens is 1. The average molecular weight is 332 g/mol. The predicted octanol–water partition coefficient (Wildman–Crippen LogP) is 2.82. The molecule has 0 aliphatic rings. The van der Waals surface area contributed by atoms with Crippen LogP contribution in [0.4, 0.5) is 0 Å². The molecule has 0 fully saturated rings. The van der Waals surface area contributed by atoms with E-state index in [4.69, 9.17) is 9.84 Å². The van der Waals surface area contributed by atoms with Gasteiger partial charge in [0.1, 0.15) is 5.75 Å². The van der Waals surface area contributed by atoms with Gasteiger partial charge in [0, 0.05) is 29.7 Å². The molecule has 2 aromatic rings. The first-order chi connectivity index (χ1) is 11.4. The maximum Gasteiger partial charge on any atom is 0.311 e. The Labute approximate surface area is 141 Å². The van der Waals surface area contributed by atoms with Crippen molar-refractivity contribution in [3.63, 3.8) is 0 Å². The lowest BCUT2D eigenvalue weighted by Crippen LogP contribution is -2.28. The van der Waals surface area contributed by atoms with E-state index in [0.29, 0.717) is 11.8 Å². The highest BCUT2D eigenvalue weighted by molar-refractivity contribution is 5.86. The first kappa shape index (κ1) is 18.0. The number of aromatic nitrogens is 1. The Morgan fingerprint density at radius 1 is 1.29 bits per heavy atom. The number of carbonyl (C=O) groups excluding carboxylic acids is 1. The molecule has 0 aliphatic heterocycles. The van der Waals surface area contributed by atoms with Crippen LogP contribution in [0.15, 0.2) is 24.4 Å². The van der Waals surface area contributed by atoms with E-state index in [1.54, 1.807) is 6.07 Å². The van der Waals surface area contributed by atoms with E-state index in [2.05, 4.69) is 30.8 Å². The maximum absolute atomic E-state index is 11.7. The number of fused-ring (bicyclic) bond motifs is 1. The van der Waals surface area contributed by atoms with E-state index in [1.165, 1.54) is 5.56 Å². The minimum atomic E-state index is -1.01. The minimum Gasteiger partial charge on any atom is -0.481 e. The highest BCUT2D eigenvalue weighted by atomic mass is 16.5. The van der Waals surface area contributed by atoms with Crippen molar-refractivity contribution >= 4 is 22.8 Å². The van der Waals surface area contributed by atoms with Gasteiger partial charge in [-0.2, -0.15) is 0 Å². The van der Waals surface area contributed by atoms with Crippen LogP contribution in [0.1, 0.15) is 32.3 Å². The minimum absolute atomic E-state index is 0.132. The number of carbonyl (C=O) groups is 2. The van der Waals surface area contributed by atoms with E-state index in [9.17, 15) is 9.59 Å². The molecule has 0 radical (unpaired) electrons. The van der Waals surface area contributed by atoms with Gasteiger partial charge in [-0.15, -0.1) is 0 Å². The van der Waals surface area contributed by atoms with Crippen molar-refractivity contribution < 1.29 is 19.4 Å². The zero-order valence-electron chi connectivity index (χ0n) is 14.3. The summed E-state index contributed by atoms with van der Waals surface area (Å²) in [5, 5.41) is 9.63. The van der Waals surface area contributed by atoms with Gasteiger partial charge in [-0.25, -0.2) is 0 Å². The second-order valence-electron chi connectivity index (χ2n) is 6.21. The number of ether oxygens (including phenoxy) is 1. The van der Waals surface area contributed by atoms with Gasteiger partial charge in [-0.3, -0.25) is 9.59 Å². The Hall–Kier alpha value is -2.34. The molecule has 2 rings (SSSR count). The smallest absolute Gasteiger partial charge is 0.311 e. The molecule has 0 amide bonds. The van der Waals surface area contributed by atoms with Gasteiger partial charge in [0.25, 0.3) is 0 Å². The van der Waals surface area contributed by atoms with Crippen LogP contribution in [0, 0.1) is 0 Å². The fourth-order valence-electron chi connectivity index (χ4n) is 2.37. The molecule has 6 heteroatoms. The van der Waals surface area contributed by atoms with Gasteiger partial charge in [0.05, 0.1) is 12.8 Å². The Morgan fingerprint density at radius 3 is 2.71 bits per heavy atom. The first-order valence-corrected chi connectivity index (χ1v) is 8.09. The van der Waals surface area contributed by atoms with Crippen LogP contribution in [-0.2, 0) is 16.0 Å². The van der Waals surface area contributed by atoms with Crippen LogP contribution in [0.25, 0.3) is 10.9 Å². The molecule has 2 N–H and O–H groups in total. The quantitative estimate of drug-likeness (QED) is 0.574. The summed E-state index contributed by atoms with van der Waals surface area (Å²) in [7, 11) is 2.09. The lowest BCUT2D eigenvalue weighted by molar-refractivity contribution is -0.142. The Balaban J connectivity index is 2.07. The monoisotopic (exact) mass is 332 g/mol. The predicted molar refractivity (Wildman–Crippen MR) is 92.3 cm³/mol. The Bertz CT molecular complexity index is 721. The van der Waals surface area contributed by atoms with Crippen LogP contribution < -0.4 is 4.74 Å². The number of nitrogens with one attached hydrogen (secondary N) is 1. The van der Waals surface area contributed by atoms with E-state index < -0.39 is 11.9 Å². The van der Waals surface area contributed by atoms with Crippen molar-refractivity contribution in [3.05, 3.63) is 30.0 Å². The molecule has 0 aliphatic carbocycles. The normalized spacial score (nSPS) is 11.4. The Kier molecular flexibility index (Phi) is 5.98. The Morgan fingerprint density at radius 2 is 2.04 bits per heavy atom. The molecule has 1 aromatic heterocycles. The van der Waals surface area contributed by atoms with Crippen LogP contribution >= 0.6 is 0 Å². The van der Waals surface area contributed by atoms with Crippen LogP contribution in [0.5, 0.6) is 5.75 Å². The SMILES string of the molecule is CC(C)N(C)CCc1c[nH]c2ccc(OC(=O)CCC(=O)O)cc12. The number of benzene rings is 1. The third kappa shape index (κ3) is 4.83. The third-order valence-corrected chi connectivity index (χ3v) is 4.13. The number of hydrogen-bond acceptors (Lipinski definition) is 4. The van der Waals surface area contributed by atoms with Gasteiger partial charge in [0.2, 0.25) is 0 Å². The van der Waals surface area contributed by atoms with Gasteiger partial charge >= 0.3 is 11.9 Å². The highest BCUT2D eigenvalue weighted by Gasteiger charge is 2.11. The number of esters is 1. The number of aromatic amines is 1. The molecule has 6 nitrogen and oxygen atoms in total. The molecule has 0 spiro atoms. The summed E-state index contributed by atoms with van der Waals surface area (Å²) < 4.78 is 5.23. The zero-order valence-corrected chi connectivity index (χ0v) is 14.3. The summed E-state index contributed by atoms with van der Waals surface area (Å²) in [6.07, 6.45) is 2.52. The van der Waals surface area contributed by atoms with E-state index in [1.807, 2.05) is 18.3 Å². The van der Waals surface area contributed by atoms with Crippen molar-refractivity contribution in [1.29, 1.82) is 0 Å². The number of carboxylic acids is 1. The lowest BCUT2D eigenvalue weighted by atomic mass is 10.1. The second kappa shape index (κ2) is 7.97. The average Bonchev–Trinajstić information content (AvgIpc) is 2.93. The summed E-state index contributed by atoms with van der Waals surface area (Å²) in [6, 6.07) is 5.89. The molecule has 0 saturated carbocycles. The first-order valence-electron chi connectivity index (χ1n) is 8.09. The van der Waals surface area contributed by atoms with Gasteiger partial charge in [-0.1, -0.05) is 0 Å². The van der Waals surface area contributed by atoms with E-state index in [0.717, 1.165) is 23.9 Å². The fourth-order valence-corrected chi connectivity index (χ4v) is 2.37. The number of likely N-dealkylation sites (N-methyl/N-ethyl adjacent to an activating group) is 1. The van der Waals surface area contributed by atoms with Crippen molar-refractivity contribution in [2.45, 2.75) is 39.2 Å². The topological polar surface area (TPSA) is 82.6 Å². The largest absolute Gasteiger partial charge is 0.481 e. The van der Waals surface area contributed by atoms with Crippen LogP contribution in [0.2, 0.25) is 0 Å². The molecule has 130 valence electrons. The van der Waals surface area contributed by atoms with Crippen molar-refractivity contribution in [2.75, 3.05) is 13.6 Å². The number of aliphatic carboxylic acids is 1. The number of nitrogens with zero attached hydrogens (tertiary/aromatic N) is 1. The molecule has 0 bridgehead atoms. The van der Waals surface area contributed by atoms with Crippen LogP contribution in [0.3, 0.4) is 0 Å². The van der Waals surface area contributed by atoms with Gasteiger partial charge < -0.3 is 19.7 Å². The van der Waals surface area contributed by atoms with E-state index in [-0.39, 0.29) is 12.8 Å². The van der Waals surface area contributed by atoms with Gasteiger partial charge in [-0.05, 0) is 51.1 Å².